The van der Waals surface area contributed by atoms with Crippen LogP contribution in [0.3, 0.4) is 0 Å². The zero-order valence-electron chi connectivity index (χ0n) is 15.9. The molecule has 152 valence electrons. The highest BCUT2D eigenvalue weighted by Gasteiger charge is 2.27. The highest BCUT2D eigenvalue weighted by Crippen LogP contribution is 2.31. The van der Waals surface area contributed by atoms with Crippen molar-refractivity contribution in [3.05, 3.63) is 76.0 Å². The second-order valence-electron chi connectivity index (χ2n) is 6.56. The Labute approximate surface area is 171 Å². The van der Waals surface area contributed by atoms with Gasteiger partial charge in [-0.2, -0.15) is 5.10 Å². The number of benzene rings is 2. The Balaban J connectivity index is 1.38. The first-order valence-electron chi connectivity index (χ1n) is 9.08. The van der Waals surface area contributed by atoms with E-state index >= 15 is 0 Å². The van der Waals surface area contributed by atoms with Crippen molar-refractivity contribution in [3.63, 3.8) is 0 Å². The number of nitrogens with one attached hydrogen (secondary N) is 1. The number of non-ortho nitro benzene ring substituents is 1. The normalized spacial score (nSPS) is 15.2. The molecule has 2 aromatic carbocycles. The van der Waals surface area contributed by atoms with Gasteiger partial charge in [-0.05, 0) is 42.8 Å². The van der Waals surface area contributed by atoms with E-state index in [4.69, 9.17) is 13.9 Å². The van der Waals surface area contributed by atoms with Crippen LogP contribution in [0.5, 0.6) is 11.5 Å². The minimum atomic E-state index is -0.813. The third kappa shape index (κ3) is 4.00. The average molecular weight is 407 g/mol. The topological polar surface area (TPSA) is 116 Å². The molecule has 0 fully saturated rings. The Morgan fingerprint density at radius 3 is 2.77 bits per heavy atom. The van der Waals surface area contributed by atoms with Gasteiger partial charge in [0.15, 0.2) is 11.5 Å². The van der Waals surface area contributed by atoms with Crippen LogP contribution in [0.25, 0.3) is 11.3 Å². The zero-order chi connectivity index (χ0) is 21.1. The lowest BCUT2D eigenvalue weighted by Gasteiger charge is -2.24. The summed E-state index contributed by atoms with van der Waals surface area (Å²) in [4.78, 5) is 22.7. The number of hydrogen-bond donors (Lipinski definition) is 1. The van der Waals surface area contributed by atoms with Crippen LogP contribution in [0.2, 0.25) is 0 Å². The zero-order valence-corrected chi connectivity index (χ0v) is 15.9. The van der Waals surface area contributed by atoms with E-state index in [0.717, 1.165) is 5.56 Å². The predicted octanol–water partition coefficient (Wildman–Crippen LogP) is 3.45. The van der Waals surface area contributed by atoms with Crippen LogP contribution in [0.15, 0.2) is 64.1 Å². The van der Waals surface area contributed by atoms with Crippen molar-refractivity contribution in [2.24, 2.45) is 5.10 Å². The second kappa shape index (κ2) is 8.08. The molecule has 0 spiro atoms. The molecule has 1 aliphatic rings. The standard InChI is InChI=1S/C21H17N3O6/c1-13-10-14(24(26)27)6-8-16(13)17-9-7-15(29-17)11-22-23-21(25)20-12-28-18-4-2-3-5-19(18)30-20/h2-11,20H,12H2,1H3,(H,23,25)/b22-11-/t20-/m1/s1. The number of rotatable bonds is 5. The molecule has 0 bridgehead atoms. The van der Waals surface area contributed by atoms with Gasteiger partial charge in [0, 0.05) is 17.7 Å². The molecule has 1 aliphatic heterocycles. The van der Waals surface area contributed by atoms with Crippen LogP contribution in [-0.4, -0.2) is 29.8 Å². The minimum Gasteiger partial charge on any atom is -0.485 e. The summed E-state index contributed by atoms with van der Waals surface area (Å²) in [5.41, 5.74) is 3.87. The van der Waals surface area contributed by atoms with E-state index in [0.29, 0.717) is 28.6 Å². The fourth-order valence-corrected chi connectivity index (χ4v) is 2.99. The van der Waals surface area contributed by atoms with Gasteiger partial charge >= 0.3 is 0 Å². The SMILES string of the molecule is Cc1cc([N+](=O)[O-])ccc1-c1ccc(/C=N\NC(=O)[C@H]2COc3ccccc3O2)o1. The molecule has 0 aliphatic carbocycles. The molecule has 30 heavy (non-hydrogen) atoms. The van der Waals surface area contributed by atoms with Crippen LogP contribution < -0.4 is 14.9 Å². The summed E-state index contributed by atoms with van der Waals surface area (Å²) in [6.45, 7) is 1.85. The number of nitro benzene ring substituents is 1. The second-order valence-corrected chi connectivity index (χ2v) is 6.56. The highest BCUT2D eigenvalue weighted by atomic mass is 16.6. The van der Waals surface area contributed by atoms with E-state index in [1.165, 1.54) is 18.3 Å². The van der Waals surface area contributed by atoms with Crippen LogP contribution in [0.4, 0.5) is 5.69 Å². The maximum absolute atomic E-state index is 12.2. The van der Waals surface area contributed by atoms with Gasteiger partial charge in [-0.25, -0.2) is 5.43 Å². The summed E-state index contributed by atoms with van der Waals surface area (Å²) in [6, 6.07) is 15.1. The molecule has 1 aromatic heterocycles. The average Bonchev–Trinajstić information content (AvgIpc) is 3.21. The van der Waals surface area contributed by atoms with Crippen LogP contribution in [-0.2, 0) is 4.79 Å². The lowest BCUT2D eigenvalue weighted by Crippen LogP contribution is -2.42. The number of carbonyl (C=O) groups excluding carboxylic acids is 1. The quantitative estimate of drug-likeness (QED) is 0.393. The third-order valence-electron chi connectivity index (χ3n) is 4.48. The van der Waals surface area contributed by atoms with Gasteiger partial charge in [-0.15, -0.1) is 0 Å². The van der Waals surface area contributed by atoms with Gasteiger partial charge in [-0.3, -0.25) is 14.9 Å². The fourth-order valence-electron chi connectivity index (χ4n) is 2.99. The molecule has 0 saturated heterocycles. The first-order valence-corrected chi connectivity index (χ1v) is 9.08. The number of ether oxygens (including phenoxy) is 2. The lowest BCUT2D eigenvalue weighted by atomic mass is 10.1. The maximum Gasteiger partial charge on any atom is 0.284 e. The largest absolute Gasteiger partial charge is 0.485 e. The van der Waals surface area contributed by atoms with E-state index in [-0.39, 0.29) is 12.3 Å². The van der Waals surface area contributed by atoms with Crippen molar-refractivity contribution >= 4 is 17.8 Å². The van der Waals surface area contributed by atoms with Crippen LogP contribution in [0.1, 0.15) is 11.3 Å². The number of nitro groups is 1. The van der Waals surface area contributed by atoms with E-state index in [1.807, 2.05) is 6.07 Å². The van der Waals surface area contributed by atoms with E-state index < -0.39 is 16.9 Å². The molecule has 9 nitrogen and oxygen atoms in total. The molecule has 9 heteroatoms. The molecule has 1 N–H and O–H groups in total. The van der Waals surface area contributed by atoms with E-state index in [9.17, 15) is 14.9 Å². The summed E-state index contributed by atoms with van der Waals surface area (Å²) in [5, 5.41) is 14.8. The van der Waals surface area contributed by atoms with Crippen LogP contribution in [0, 0.1) is 17.0 Å². The van der Waals surface area contributed by atoms with Gasteiger partial charge in [0.2, 0.25) is 6.10 Å². The predicted molar refractivity (Wildman–Crippen MR) is 108 cm³/mol. The summed E-state index contributed by atoms with van der Waals surface area (Å²) >= 11 is 0. The molecule has 2 heterocycles. The van der Waals surface area contributed by atoms with E-state index in [1.54, 1.807) is 43.3 Å². The maximum atomic E-state index is 12.2. The Hall–Kier alpha value is -4.14. The molecule has 4 rings (SSSR count). The minimum absolute atomic E-state index is 0.0174. The lowest BCUT2D eigenvalue weighted by molar-refractivity contribution is -0.384. The number of carbonyl (C=O) groups is 1. The van der Waals surface area contributed by atoms with Crippen molar-refractivity contribution in [2.45, 2.75) is 13.0 Å². The molecule has 1 amide bonds. The molecular formula is C21H17N3O6. The van der Waals surface area contributed by atoms with Crippen molar-refractivity contribution in [1.29, 1.82) is 0 Å². The number of hydrazone groups is 1. The van der Waals surface area contributed by atoms with Gasteiger partial charge in [0.1, 0.15) is 18.1 Å². The Morgan fingerprint density at radius 2 is 2.00 bits per heavy atom. The van der Waals surface area contributed by atoms with Crippen molar-refractivity contribution in [3.8, 4) is 22.8 Å². The summed E-state index contributed by atoms with van der Waals surface area (Å²) in [7, 11) is 0. The number of amides is 1. The molecule has 1 atom stereocenters. The number of aryl methyl sites for hydroxylation is 1. The third-order valence-corrected chi connectivity index (χ3v) is 4.48. The van der Waals surface area contributed by atoms with Crippen molar-refractivity contribution in [1.82, 2.24) is 5.43 Å². The summed E-state index contributed by atoms with van der Waals surface area (Å²) in [5.74, 6) is 1.60. The first kappa shape index (κ1) is 19.2. The number of hydrogen-bond acceptors (Lipinski definition) is 7. The summed E-state index contributed by atoms with van der Waals surface area (Å²) < 4.78 is 16.8. The van der Waals surface area contributed by atoms with Gasteiger partial charge in [0.05, 0.1) is 11.1 Å². The van der Waals surface area contributed by atoms with E-state index in [2.05, 4.69) is 10.5 Å². The smallest absolute Gasteiger partial charge is 0.284 e. The van der Waals surface area contributed by atoms with Crippen LogP contribution >= 0.6 is 0 Å². The number of para-hydroxylation sites is 2. The molecule has 0 unspecified atom stereocenters. The Bertz CT molecular complexity index is 1140. The Kier molecular flexibility index (Phi) is 5.17. The van der Waals surface area contributed by atoms with Gasteiger partial charge in [0.25, 0.3) is 11.6 Å². The van der Waals surface area contributed by atoms with Gasteiger partial charge < -0.3 is 13.9 Å². The molecular weight excluding hydrogens is 390 g/mol. The molecule has 3 aromatic rings. The number of furan rings is 1. The van der Waals surface area contributed by atoms with Crippen molar-refractivity contribution in [2.75, 3.05) is 6.61 Å². The van der Waals surface area contributed by atoms with Crippen molar-refractivity contribution < 1.29 is 23.6 Å². The first-order chi connectivity index (χ1) is 14.5. The number of nitrogens with zero attached hydrogens (tertiary/aromatic N) is 2. The number of fused-ring (bicyclic) bond motifs is 1. The molecule has 0 saturated carbocycles. The summed E-state index contributed by atoms with van der Waals surface area (Å²) in [6.07, 6.45) is 0.548. The molecule has 0 radical (unpaired) electrons. The Morgan fingerprint density at radius 1 is 1.20 bits per heavy atom. The fraction of sp³-hybridized carbons (Fsp3) is 0.143. The highest BCUT2D eigenvalue weighted by molar-refractivity contribution is 5.84. The monoisotopic (exact) mass is 407 g/mol. The van der Waals surface area contributed by atoms with Gasteiger partial charge in [-0.1, -0.05) is 12.1 Å².